The second-order valence-electron chi connectivity index (χ2n) is 12.5. The largest absolute Gasteiger partial charge is 0.456 e. The van der Waals surface area contributed by atoms with Gasteiger partial charge >= 0.3 is 0 Å². The van der Waals surface area contributed by atoms with Gasteiger partial charge in [0.05, 0.1) is 5.69 Å². The minimum absolute atomic E-state index is 0.878. The lowest BCUT2D eigenvalue weighted by Crippen LogP contribution is -2.10. The predicted octanol–water partition coefficient (Wildman–Crippen LogP) is 13.3. The molecule has 0 atom stereocenters. The molecule has 10 aromatic rings. The first kappa shape index (κ1) is 26.8. The van der Waals surface area contributed by atoms with Crippen molar-refractivity contribution in [2.75, 3.05) is 4.90 Å². The molecule has 0 unspecified atom stereocenters. The maximum atomic E-state index is 6.39. The molecular formula is C46H29NO. The molecule has 0 fully saturated rings. The maximum absolute atomic E-state index is 6.39. The first-order valence-electron chi connectivity index (χ1n) is 16.4. The quantitative estimate of drug-likeness (QED) is 0.184. The molecule has 2 nitrogen and oxygen atoms in total. The molecule has 10 rings (SSSR count). The minimum Gasteiger partial charge on any atom is -0.456 e. The summed E-state index contributed by atoms with van der Waals surface area (Å²) in [5.74, 6) is 0. The van der Waals surface area contributed by atoms with Crippen molar-refractivity contribution in [3.63, 3.8) is 0 Å². The number of rotatable bonds is 4. The van der Waals surface area contributed by atoms with E-state index in [0.29, 0.717) is 0 Å². The number of anilines is 3. The Morgan fingerprint density at radius 2 is 0.896 bits per heavy atom. The van der Waals surface area contributed by atoms with Gasteiger partial charge in [0.2, 0.25) is 0 Å². The molecule has 224 valence electrons. The van der Waals surface area contributed by atoms with Gasteiger partial charge in [-0.3, -0.25) is 0 Å². The van der Waals surface area contributed by atoms with E-state index in [1.165, 1.54) is 54.2 Å². The summed E-state index contributed by atoms with van der Waals surface area (Å²) in [5.41, 5.74) is 7.46. The molecule has 0 aliphatic heterocycles. The molecule has 0 aliphatic rings. The van der Waals surface area contributed by atoms with Crippen molar-refractivity contribution in [1.29, 1.82) is 0 Å². The highest BCUT2D eigenvalue weighted by atomic mass is 16.3. The zero-order valence-electron chi connectivity index (χ0n) is 26.1. The summed E-state index contributed by atoms with van der Waals surface area (Å²) in [6.07, 6.45) is 0. The van der Waals surface area contributed by atoms with E-state index in [4.69, 9.17) is 4.42 Å². The van der Waals surface area contributed by atoms with Crippen molar-refractivity contribution >= 4 is 82.1 Å². The fourth-order valence-corrected chi connectivity index (χ4v) is 7.58. The Morgan fingerprint density at radius 3 is 1.77 bits per heavy atom. The Balaban J connectivity index is 1.19. The number of nitrogens with zero attached hydrogens (tertiary/aromatic N) is 1. The van der Waals surface area contributed by atoms with Crippen LogP contribution >= 0.6 is 0 Å². The van der Waals surface area contributed by atoms with Crippen LogP contribution in [0.1, 0.15) is 0 Å². The highest BCUT2D eigenvalue weighted by Gasteiger charge is 2.19. The van der Waals surface area contributed by atoms with Crippen LogP contribution < -0.4 is 4.90 Å². The zero-order chi connectivity index (χ0) is 31.6. The lowest BCUT2D eigenvalue weighted by atomic mass is 9.95. The van der Waals surface area contributed by atoms with E-state index in [1.807, 2.05) is 12.1 Å². The van der Waals surface area contributed by atoms with E-state index in [-0.39, 0.29) is 0 Å². The van der Waals surface area contributed by atoms with Gasteiger partial charge in [0.25, 0.3) is 0 Å². The molecule has 48 heavy (non-hydrogen) atoms. The maximum Gasteiger partial charge on any atom is 0.137 e. The van der Waals surface area contributed by atoms with E-state index < -0.39 is 0 Å². The second-order valence-corrected chi connectivity index (χ2v) is 12.5. The third-order valence-corrected chi connectivity index (χ3v) is 9.85. The van der Waals surface area contributed by atoms with Gasteiger partial charge in [-0.25, -0.2) is 0 Å². The number of hydrogen-bond acceptors (Lipinski definition) is 2. The highest BCUT2D eigenvalue weighted by molar-refractivity contribution is 6.19. The smallest absolute Gasteiger partial charge is 0.137 e. The van der Waals surface area contributed by atoms with Gasteiger partial charge in [-0.05, 0) is 85.2 Å². The molecule has 1 heterocycles. The fraction of sp³-hybridized carbons (Fsp3) is 0. The lowest BCUT2D eigenvalue weighted by molar-refractivity contribution is 0.669. The van der Waals surface area contributed by atoms with Crippen molar-refractivity contribution in [1.82, 2.24) is 0 Å². The summed E-state index contributed by atoms with van der Waals surface area (Å²) in [5, 5.41) is 12.3. The first-order valence-corrected chi connectivity index (χ1v) is 16.4. The fourth-order valence-electron chi connectivity index (χ4n) is 7.58. The molecule has 1 aromatic heterocycles. The van der Waals surface area contributed by atoms with Gasteiger partial charge in [-0.15, -0.1) is 0 Å². The average Bonchev–Trinajstić information content (AvgIpc) is 3.53. The summed E-state index contributed by atoms with van der Waals surface area (Å²) in [7, 11) is 0. The number of hydrogen-bond donors (Lipinski definition) is 0. The van der Waals surface area contributed by atoms with Gasteiger partial charge in [-0.2, -0.15) is 0 Å². The van der Waals surface area contributed by atoms with Crippen LogP contribution in [0.4, 0.5) is 17.1 Å². The van der Waals surface area contributed by atoms with E-state index in [0.717, 1.165) is 39.0 Å². The van der Waals surface area contributed by atoms with Crippen LogP contribution in [0.25, 0.3) is 76.2 Å². The first-order chi connectivity index (χ1) is 23.8. The predicted molar refractivity (Wildman–Crippen MR) is 204 cm³/mol. The number of benzene rings is 9. The molecule has 9 aromatic carbocycles. The molecule has 0 radical (unpaired) electrons. The van der Waals surface area contributed by atoms with Crippen LogP contribution in [0, 0.1) is 0 Å². The van der Waals surface area contributed by atoms with Crippen LogP contribution in [-0.2, 0) is 0 Å². The zero-order valence-corrected chi connectivity index (χ0v) is 26.1. The summed E-state index contributed by atoms with van der Waals surface area (Å²) >= 11 is 0. The molecule has 0 N–H and O–H groups in total. The van der Waals surface area contributed by atoms with Crippen LogP contribution in [0.2, 0.25) is 0 Å². The topological polar surface area (TPSA) is 16.4 Å². The number of fused-ring (bicyclic) bond motifs is 9. The Kier molecular flexibility index (Phi) is 5.91. The SMILES string of the molecule is c1ccc2c(-c3ccc(N(c4ccc5c(c4)oc4ccccc45)c4cccc5c4ccc4c6ccccc6ccc54)cc3)cccc2c1. The summed E-state index contributed by atoms with van der Waals surface area (Å²) in [6.45, 7) is 0. The van der Waals surface area contributed by atoms with Crippen LogP contribution in [0.5, 0.6) is 0 Å². The van der Waals surface area contributed by atoms with Gasteiger partial charge in [-0.1, -0.05) is 133 Å². The number of para-hydroxylation sites is 1. The Morgan fingerprint density at radius 1 is 0.333 bits per heavy atom. The van der Waals surface area contributed by atoms with Crippen molar-refractivity contribution in [2.45, 2.75) is 0 Å². The molecule has 0 aliphatic carbocycles. The molecule has 0 amide bonds. The molecule has 2 heteroatoms. The van der Waals surface area contributed by atoms with Gasteiger partial charge in [0, 0.05) is 33.6 Å². The van der Waals surface area contributed by atoms with E-state index in [2.05, 4.69) is 169 Å². The standard InChI is InChI=1S/C46H29NO/c1-3-12-35-30(9-1)11-7-15-36(35)32-19-22-33(23-20-32)47(34-24-26-43-42-14-5-6-18-45(42)48-46(43)29-34)44-17-8-16-38-40-25-21-31-10-2-4-13-37(31)39(40)27-28-41(38)44/h1-29H. The van der Waals surface area contributed by atoms with E-state index >= 15 is 0 Å². The van der Waals surface area contributed by atoms with Crippen LogP contribution in [-0.4, -0.2) is 0 Å². The summed E-state index contributed by atoms with van der Waals surface area (Å²) in [4.78, 5) is 2.37. The van der Waals surface area contributed by atoms with Crippen LogP contribution in [0.15, 0.2) is 180 Å². The average molecular weight is 612 g/mol. The van der Waals surface area contributed by atoms with Gasteiger partial charge in [0.15, 0.2) is 0 Å². The molecule has 0 saturated heterocycles. The van der Waals surface area contributed by atoms with Gasteiger partial charge in [0.1, 0.15) is 11.2 Å². The lowest BCUT2D eigenvalue weighted by Gasteiger charge is -2.27. The Hall–Kier alpha value is -6.38. The van der Waals surface area contributed by atoms with Crippen molar-refractivity contribution < 1.29 is 4.42 Å². The minimum atomic E-state index is 0.878. The summed E-state index contributed by atoms with van der Waals surface area (Å²) < 4.78 is 6.39. The third kappa shape index (κ3) is 4.13. The molecule has 0 bridgehead atoms. The molecule has 0 spiro atoms. The van der Waals surface area contributed by atoms with Crippen molar-refractivity contribution in [3.05, 3.63) is 176 Å². The monoisotopic (exact) mass is 611 g/mol. The molecular weight excluding hydrogens is 583 g/mol. The Bertz CT molecular complexity index is 2840. The van der Waals surface area contributed by atoms with E-state index in [9.17, 15) is 0 Å². The van der Waals surface area contributed by atoms with Crippen molar-refractivity contribution in [2.24, 2.45) is 0 Å². The highest BCUT2D eigenvalue weighted by Crippen LogP contribution is 2.43. The Labute approximate surface area is 277 Å². The van der Waals surface area contributed by atoms with Crippen molar-refractivity contribution in [3.8, 4) is 11.1 Å². The molecule has 0 saturated carbocycles. The number of furan rings is 1. The summed E-state index contributed by atoms with van der Waals surface area (Å²) in [6, 6.07) is 63.4. The third-order valence-electron chi connectivity index (χ3n) is 9.85. The van der Waals surface area contributed by atoms with E-state index in [1.54, 1.807) is 0 Å². The second kappa shape index (κ2) is 10.6. The van der Waals surface area contributed by atoms with Crippen LogP contribution in [0.3, 0.4) is 0 Å². The van der Waals surface area contributed by atoms with Gasteiger partial charge < -0.3 is 9.32 Å². The normalized spacial score (nSPS) is 11.8.